The SMILES string of the molecule is CC(C#N)[Si](C)C(C)(Oc1ccc(Cl)cc1Cl)C(=O)O. The normalized spacial score (nSPS) is 15.2. The van der Waals surface area contributed by atoms with Gasteiger partial charge in [0, 0.05) is 10.6 Å². The fraction of sp³-hybridized carbons (Fsp3) is 0.385. The fourth-order valence-corrected chi connectivity index (χ4v) is 3.66. The summed E-state index contributed by atoms with van der Waals surface area (Å²) in [5.41, 5.74) is -0.382. The van der Waals surface area contributed by atoms with Crippen LogP contribution in [0.5, 0.6) is 5.75 Å². The predicted octanol–water partition coefficient (Wildman–Crippen LogP) is 3.79. The Kier molecular flexibility index (Phi) is 5.46. The van der Waals surface area contributed by atoms with Crippen LogP contribution in [0.15, 0.2) is 18.2 Å². The summed E-state index contributed by atoms with van der Waals surface area (Å²) in [5, 5.41) is 17.7. The van der Waals surface area contributed by atoms with Crippen LogP contribution in [-0.4, -0.2) is 25.1 Å². The van der Waals surface area contributed by atoms with Crippen LogP contribution in [0.1, 0.15) is 13.8 Å². The number of rotatable bonds is 5. The van der Waals surface area contributed by atoms with Crippen LogP contribution in [0.2, 0.25) is 22.1 Å². The van der Waals surface area contributed by atoms with E-state index in [2.05, 4.69) is 6.07 Å². The number of halogens is 2. The van der Waals surface area contributed by atoms with Crippen molar-refractivity contribution in [1.82, 2.24) is 0 Å². The van der Waals surface area contributed by atoms with E-state index in [9.17, 15) is 9.90 Å². The highest BCUT2D eigenvalue weighted by Crippen LogP contribution is 2.33. The van der Waals surface area contributed by atoms with Gasteiger partial charge in [0.2, 0.25) is 0 Å². The second-order valence-electron chi connectivity index (χ2n) is 4.55. The van der Waals surface area contributed by atoms with Gasteiger partial charge in [0.25, 0.3) is 0 Å². The third-order valence-electron chi connectivity index (χ3n) is 3.21. The largest absolute Gasteiger partial charge is 0.479 e. The van der Waals surface area contributed by atoms with Crippen LogP contribution >= 0.6 is 23.2 Å². The van der Waals surface area contributed by atoms with Gasteiger partial charge in [-0.1, -0.05) is 36.7 Å². The van der Waals surface area contributed by atoms with Gasteiger partial charge >= 0.3 is 5.97 Å². The lowest BCUT2D eigenvalue weighted by Gasteiger charge is -2.32. The highest BCUT2D eigenvalue weighted by atomic mass is 35.5. The number of nitrogens with zero attached hydrogens (tertiary/aromatic N) is 1. The van der Waals surface area contributed by atoms with Crippen LogP contribution in [0.25, 0.3) is 0 Å². The summed E-state index contributed by atoms with van der Waals surface area (Å²) in [4.78, 5) is 11.6. The van der Waals surface area contributed by atoms with Crippen molar-refractivity contribution in [3.05, 3.63) is 28.2 Å². The first-order valence-corrected chi connectivity index (χ1v) is 8.66. The molecule has 1 rings (SSSR count). The lowest BCUT2D eigenvalue weighted by atomic mass is 10.3. The molecule has 0 saturated carbocycles. The maximum absolute atomic E-state index is 11.6. The number of carboxylic acid groups (broad SMARTS) is 1. The summed E-state index contributed by atoms with van der Waals surface area (Å²) in [6.07, 6.45) is 0. The van der Waals surface area contributed by atoms with Crippen molar-refractivity contribution < 1.29 is 14.6 Å². The van der Waals surface area contributed by atoms with Crippen LogP contribution in [0.3, 0.4) is 0 Å². The number of aliphatic carboxylic acids is 1. The molecule has 0 amide bonds. The Hall–Kier alpha value is -1.22. The predicted molar refractivity (Wildman–Crippen MR) is 79.8 cm³/mol. The molecule has 7 heteroatoms. The summed E-state index contributed by atoms with van der Waals surface area (Å²) in [5.74, 6) is -0.863. The van der Waals surface area contributed by atoms with Gasteiger partial charge in [-0.05, 0) is 25.1 Å². The molecule has 1 aromatic carbocycles. The number of nitriles is 1. The van der Waals surface area contributed by atoms with Crippen molar-refractivity contribution in [2.45, 2.75) is 31.2 Å². The minimum Gasteiger partial charge on any atom is -0.479 e. The van der Waals surface area contributed by atoms with Crippen molar-refractivity contribution in [2.75, 3.05) is 0 Å². The third kappa shape index (κ3) is 3.45. The summed E-state index contributed by atoms with van der Waals surface area (Å²) < 4.78 is 5.64. The molecule has 1 aromatic rings. The molecule has 0 aliphatic carbocycles. The van der Waals surface area contributed by atoms with Crippen LogP contribution in [0, 0.1) is 11.3 Å². The molecule has 0 fully saturated rings. The molecule has 107 valence electrons. The minimum atomic E-state index is -1.65. The first kappa shape index (κ1) is 16.8. The zero-order chi connectivity index (χ0) is 15.5. The van der Waals surface area contributed by atoms with Gasteiger partial charge in [-0.2, -0.15) is 5.26 Å². The van der Waals surface area contributed by atoms with E-state index in [4.69, 9.17) is 33.2 Å². The molecular weight excluding hydrogens is 317 g/mol. The van der Waals surface area contributed by atoms with E-state index < -0.39 is 20.0 Å². The Morgan fingerprint density at radius 2 is 2.15 bits per heavy atom. The molecule has 2 atom stereocenters. The molecule has 0 saturated heterocycles. The number of ether oxygens (including phenoxy) is 1. The average Bonchev–Trinajstić information content (AvgIpc) is 2.39. The molecule has 0 aromatic heterocycles. The summed E-state index contributed by atoms with van der Waals surface area (Å²) >= 11 is 11.8. The van der Waals surface area contributed by atoms with Crippen LogP contribution < -0.4 is 4.74 Å². The first-order valence-electron chi connectivity index (χ1n) is 5.83. The summed E-state index contributed by atoms with van der Waals surface area (Å²) in [7, 11) is -1.65. The molecule has 1 N–H and O–H groups in total. The van der Waals surface area contributed by atoms with Crippen molar-refractivity contribution >= 4 is 38.0 Å². The Balaban J connectivity index is 3.15. The van der Waals surface area contributed by atoms with Gasteiger partial charge in [0.15, 0.2) is 5.22 Å². The molecule has 1 radical (unpaired) electrons. The minimum absolute atomic E-state index is 0.240. The zero-order valence-corrected chi connectivity index (χ0v) is 13.8. The number of hydrogen-bond acceptors (Lipinski definition) is 3. The highest BCUT2D eigenvalue weighted by Gasteiger charge is 2.45. The third-order valence-corrected chi connectivity index (χ3v) is 6.99. The Morgan fingerprint density at radius 1 is 1.55 bits per heavy atom. The lowest BCUT2D eigenvalue weighted by molar-refractivity contribution is -0.147. The molecule has 0 spiro atoms. The molecule has 20 heavy (non-hydrogen) atoms. The number of hydrogen-bond donors (Lipinski definition) is 1. The number of carbonyl (C=O) groups is 1. The Bertz CT molecular complexity index is 561. The standard InChI is InChI=1S/C13H14Cl2NO3Si/c1-8(7-16)20(3)13(2,12(17)18)19-11-5-4-9(14)6-10(11)15/h4-6,8H,1-3H3,(H,17,18). The van der Waals surface area contributed by atoms with E-state index in [0.29, 0.717) is 5.02 Å². The topological polar surface area (TPSA) is 70.3 Å². The molecule has 0 aliphatic rings. The Morgan fingerprint density at radius 3 is 2.60 bits per heavy atom. The van der Waals surface area contributed by atoms with E-state index in [1.165, 1.54) is 19.1 Å². The van der Waals surface area contributed by atoms with E-state index in [-0.39, 0.29) is 16.3 Å². The highest BCUT2D eigenvalue weighted by molar-refractivity contribution is 6.67. The maximum Gasteiger partial charge on any atom is 0.343 e. The van der Waals surface area contributed by atoms with Gasteiger partial charge in [-0.25, -0.2) is 4.79 Å². The lowest BCUT2D eigenvalue weighted by Crippen LogP contribution is -2.54. The second kappa shape index (κ2) is 6.49. The van der Waals surface area contributed by atoms with E-state index in [0.717, 1.165) is 0 Å². The first-order chi connectivity index (χ1) is 9.22. The molecule has 0 bridgehead atoms. The average molecular weight is 331 g/mol. The molecule has 2 unspecified atom stereocenters. The van der Waals surface area contributed by atoms with Crippen molar-refractivity contribution in [2.24, 2.45) is 0 Å². The maximum atomic E-state index is 11.6. The van der Waals surface area contributed by atoms with Crippen LogP contribution in [-0.2, 0) is 4.79 Å². The van der Waals surface area contributed by atoms with Crippen LogP contribution in [0.4, 0.5) is 0 Å². The van der Waals surface area contributed by atoms with Gasteiger partial charge < -0.3 is 9.84 Å². The number of carboxylic acids is 1. The van der Waals surface area contributed by atoms with Gasteiger partial charge in [-0.3, -0.25) is 0 Å². The molecule has 4 nitrogen and oxygen atoms in total. The van der Waals surface area contributed by atoms with E-state index in [1.54, 1.807) is 19.5 Å². The summed E-state index contributed by atoms with van der Waals surface area (Å²) in [6, 6.07) is 6.66. The van der Waals surface area contributed by atoms with Crippen molar-refractivity contribution in [3.63, 3.8) is 0 Å². The van der Waals surface area contributed by atoms with Crippen molar-refractivity contribution in [1.29, 1.82) is 5.26 Å². The Labute approximate surface area is 129 Å². The molecule has 0 aliphatic heterocycles. The second-order valence-corrected chi connectivity index (χ2v) is 8.58. The smallest absolute Gasteiger partial charge is 0.343 e. The van der Waals surface area contributed by atoms with E-state index in [1.807, 2.05) is 0 Å². The quantitative estimate of drug-likeness (QED) is 0.833. The van der Waals surface area contributed by atoms with Gasteiger partial charge in [0.1, 0.15) is 14.5 Å². The van der Waals surface area contributed by atoms with Gasteiger partial charge in [-0.15, -0.1) is 0 Å². The monoisotopic (exact) mass is 330 g/mol. The summed E-state index contributed by atoms with van der Waals surface area (Å²) in [6.45, 7) is 4.93. The van der Waals surface area contributed by atoms with Crippen molar-refractivity contribution in [3.8, 4) is 11.8 Å². The molecule has 0 heterocycles. The molecular formula is C13H14Cl2NO3Si. The van der Waals surface area contributed by atoms with Gasteiger partial charge in [0.05, 0.1) is 11.1 Å². The zero-order valence-electron chi connectivity index (χ0n) is 11.3. The van der Waals surface area contributed by atoms with E-state index >= 15 is 0 Å². The fourth-order valence-electron chi connectivity index (χ4n) is 1.58. The number of benzene rings is 1.